The summed E-state index contributed by atoms with van der Waals surface area (Å²) < 4.78 is 0. The standard InChI is InChI=1S/C19H23N3O2S/c1-3-12(4-2)19(24)20-8-7-18-22-16(11-25-18)13-5-6-15-14(9-13)10-17(23)21-15/h5-6,9,11-12H,3-4,7-8,10H2,1-2H3,(H,20,24)(H,21,23). The van der Waals surface area contributed by atoms with Crippen molar-refractivity contribution >= 4 is 28.8 Å². The van der Waals surface area contributed by atoms with Gasteiger partial charge in [-0.15, -0.1) is 11.3 Å². The first-order valence-electron chi connectivity index (χ1n) is 8.76. The van der Waals surface area contributed by atoms with Crippen LogP contribution in [-0.4, -0.2) is 23.3 Å². The highest BCUT2D eigenvalue weighted by atomic mass is 32.1. The summed E-state index contributed by atoms with van der Waals surface area (Å²) in [6.07, 6.45) is 2.92. The zero-order valence-corrected chi connectivity index (χ0v) is 15.4. The highest BCUT2D eigenvalue weighted by Gasteiger charge is 2.18. The van der Waals surface area contributed by atoms with Crippen LogP contribution in [0.1, 0.15) is 37.3 Å². The molecule has 2 heterocycles. The minimum Gasteiger partial charge on any atom is -0.355 e. The van der Waals surface area contributed by atoms with E-state index >= 15 is 0 Å². The second-order valence-corrected chi connectivity index (χ2v) is 7.22. The quantitative estimate of drug-likeness (QED) is 0.798. The number of nitrogens with zero attached hydrogens (tertiary/aromatic N) is 1. The Kier molecular flexibility index (Phi) is 5.48. The number of anilines is 1. The molecule has 0 saturated carbocycles. The van der Waals surface area contributed by atoms with Gasteiger partial charge in [-0.3, -0.25) is 9.59 Å². The van der Waals surface area contributed by atoms with E-state index in [1.54, 1.807) is 11.3 Å². The third-order valence-electron chi connectivity index (χ3n) is 4.57. The van der Waals surface area contributed by atoms with Crippen LogP contribution in [0.15, 0.2) is 23.6 Å². The van der Waals surface area contributed by atoms with Crippen LogP contribution in [-0.2, 0) is 22.4 Å². The lowest BCUT2D eigenvalue weighted by atomic mass is 10.0. The average Bonchev–Trinajstić information content (AvgIpc) is 3.20. The summed E-state index contributed by atoms with van der Waals surface area (Å²) in [7, 11) is 0. The van der Waals surface area contributed by atoms with Gasteiger partial charge in [-0.1, -0.05) is 19.9 Å². The molecule has 6 heteroatoms. The second kappa shape index (κ2) is 7.78. The van der Waals surface area contributed by atoms with Crippen LogP contribution in [0.25, 0.3) is 11.3 Å². The summed E-state index contributed by atoms with van der Waals surface area (Å²) in [6, 6.07) is 5.95. The predicted molar refractivity (Wildman–Crippen MR) is 101 cm³/mol. The van der Waals surface area contributed by atoms with E-state index < -0.39 is 0 Å². The Morgan fingerprint density at radius 3 is 2.92 bits per heavy atom. The van der Waals surface area contributed by atoms with E-state index in [9.17, 15) is 9.59 Å². The average molecular weight is 357 g/mol. The number of benzene rings is 1. The number of carbonyl (C=O) groups excluding carboxylic acids is 2. The van der Waals surface area contributed by atoms with E-state index in [-0.39, 0.29) is 17.7 Å². The third-order valence-corrected chi connectivity index (χ3v) is 5.48. The van der Waals surface area contributed by atoms with E-state index in [0.29, 0.717) is 13.0 Å². The molecule has 1 aromatic carbocycles. The first-order chi connectivity index (χ1) is 12.1. The van der Waals surface area contributed by atoms with Crippen molar-refractivity contribution in [2.45, 2.75) is 39.5 Å². The summed E-state index contributed by atoms with van der Waals surface area (Å²) in [5.41, 5.74) is 3.87. The number of amides is 2. The summed E-state index contributed by atoms with van der Waals surface area (Å²) >= 11 is 1.60. The lowest BCUT2D eigenvalue weighted by Gasteiger charge is -2.11. The van der Waals surface area contributed by atoms with Crippen LogP contribution in [0.5, 0.6) is 0 Å². The molecule has 25 heavy (non-hydrogen) atoms. The van der Waals surface area contributed by atoms with Gasteiger partial charge in [0.1, 0.15) is 0 Å². The molecular formula is C19H23N3O2S. The van der Waals surface area contributed by atoms with Gasteiger partial charge < -0.3 is 10.6 Å². The number of hydrogen-bond acceptors (Lipinski definition) is 4. The molecule has 5 nitrogen and oxygen atoms in total. The van der Waals surface area contributed by atoms with E-state index in [1.807, 2.05) is 37.4 Å². The Labute approximate surface area is 151 Å². The zero-order chi connectivity index (χ0) is 17.8. The molecule has 0 bridgehead atoms. The molecule has 0 saturated heterocycles. The van der Waals surface area contributed by atoms with Crippen molar-refractivity contribution in [3.05, 3.63) is 34.2 Å². The van der Waals surface area contributed by atoms with Crippen LogP contribution < -0.4 is 10.6 Å². The van der Waals surface area contributed by atoms with Gasteiger partial charge in [0, 0.05) is 35.5 Å². The van der Waals surface area contributed by atoms with Crippen molar-refractivity contribution in [1.29, 1.82) is 0 Å². The monoisotopic (exact) mass is 357 g/mol. The van der Waals surface area contributed by atoms with Gasteiger partial charge in [0.25, 0.3) is 0 Å². The molecule has 0 fully saturated rings. The van der Waals surface area contributed by atoms with E-state index in [4.69, 9.17) is 0 Å². The Morgan fingerprint density at radius 1 is 1.36 bits per heavy atom. The third kappa shape index (κ3) is 4.07. The fourth-order valence-electron chi connectivity index (χ4n) is 3.04. The lowest BCUT2D eigenvalue weighted by Crippen LogP contribution is -2.31. The van der Waals surface area contributed by atoms with E-state index in [2.05, 4.69) is 15.6 Å². The Bertz CT molecular complexity index is 781. The molecule has 2 amide bonds. The highest BCUT2D eigenvalue weighted by molar-refractivity contribution is 7.09. The fourth-order valence-corrected chi connectivity index (χ4v) is 3.85. The SMILES string of the molecule is CCC(CC)C(=O)NCCc1nc(-c2ccc3c(c2)CC(=O)N3)cs1. The van der Waals surface area contributed by atoms with E-state index in [0.717, 1.165) is 46.8 Å². The molecule has 0 spiro atoms. The smallest absolute Gasteiger partial charge is 0.228 e. The van der Waals surface area contributed by atoms with Crippen LogP contribution in [0.2, 0.25) is 0 Å². The van der Waals surface area contributed by atoms with Gasteiger partial charge in [0.2, 0.25) is 11.8 Å². The molecule has 0 unspecified atom stereocenters. The molecule has 1 aliphatic heterocycles. The van der Waals surface area contributed by atoms with Crippen LogP contribution >= 0.6 is 11.3 Å². The highest BCUT2D eigenvalue weighted by Crippen LogP contribution is 2.29. The van der Waals surface area contributed by atoms with Crippen molar-refractivity contribution in [1.82, 2.24) is 10.3 Å². The van der Waals surface area contributed by atoms with Gasteiger partial charge >= 0.3 is 0 Å². The summed E-state index contributed by atoms with van der Waals surface area (Å²) in [6.45, 7) is 4.70. The number of carbonyl (C=O) groups is 2. The van der Waals surface area contributed by atoms with Gasteiger partial charge in [-0.2, -0.15) is 0 Å². The number of thiazole rings is 1. The summed E-state index contributed by atoms with van der Waals surface area (Å²) in [5.74, 6) is 0.284. The Balaban J connectivity index is 1.59. The number of hydrogen-bond donors (Lipinski definition) is 2. The normalized spacial score (nSPS) is 13.0. The predicted octanol–water partition coefficient (Wildman–Crippen LogP) is 3.40. The van der Waals surface area contributed by atoms with Gasteiger partial charge in [0.05, 0.1) is 17.1 Å². The van der Waals surface area contributed by atoms with Crippen LogP contribution in [0.4, 0.5) is 5.69 Å². The first kappa shape index (κ1) is 17.6. The zero-order valence-electron chi connectivity index (χ0n) is 14.6. The Morgan fingerprint density at radius 2 is 2.16 bits per heavy atom. The van der Waals surface area contributed by atoms with Crippen molar-refractivity contribution in [2.24, 2.45) is 5.92 Å². The maximum absolute atomic E-state index is 12.0. The van der Waals surface area contributed by atoms with Crippen LogP contribution in [0, 0.1) is 5.92 Å². The summed E-state index contributed by atoms with van der Waals surface area (Å²) in [4.78, 5) is 28.1. The molecule has 3 rings (SSSR count). The number of aromatic nitrogens is 1. The maximum Gasteiger partial charge on any atom is 0.228 e. The number of rotatable bonds is 7. The number of fused-ring (bicyclic) bond motifs is 1. The van der Waals surface area contributed by atoms with Crippen LogP contribution in [0.3, 0.4) is 0 Å². The minimum atomic E-state index is 0.0410. The lowest BCUT2D eigenvalue weighted by molar-refractivity contribution is -0.125. The summed E-state index contributed by atoms with van der Waals surface area (Å²) in [5, 5.41) is 8.88. The largest absolute Gasteiger partial charge is 0.355 e. The maximum atomic E-state index is 12.0. The molecule has 1 aromatic heterocycles. The topological polar surface area (TPSA) is 71.1 Å². The van der Waals surface area contributed by atoms with Gasteiger partial charge in [-0.25, -0.2) is 4.98 Å². The minimum absolute atomic E-state index is 0.0410. The molecule has 0 radical (unpaired) electrons. The molecule has 0 atom stereocenters. The van der Waals surface area contributed by atoms with Crippen molar-refractivity contribution < 1.29 is 9.59 Å². The number of nitrogens with one attached hydrogen (secondary N) is 2. The fraction of sp³-hybridized carbons (Fsp3) is 0.421. The molecule has 2 N–H and O–H groups in total. The molecule has 2 aromatic rings. The Hall–Kier alpha value is -2.21. The first-order valence-corrected chi connectivity index (χ1v) is 9.64. The van der Waals surface area contributed by atoms with Gasteiger partial charge in [-0.05, 0) is 30.5 Å². The molecule has 1 aliphatic rings. The van der Waals surface area contributed by atoms with E-state index in [1.165, 1.54) is 0 Å². The molecular weight excluding hydrogens is 334 g/mol. The van der Waals surface area contributed by atoms with Gasteiger partial charge in [0.15, 0.2) is 0 Å². The van der Waals surface area contributed by atoms with Crippen molar-refractivity contribution in [2.75, 3.05) is 11.9 Å². The van der Waals surface area contributed by atoms with Crippen molar-refractivity contribution in [3.8, 4) is 11.3 Å². The van der Waals surface area contributed by atoms with Crippen molar-refractivity contribution in [3.63, 3.8) is 0 Å². The molecule has 132 valence electrons. The molecule has 0 aliphatic carbocycles. The second-order valence-electron chi connectivity index (χ2n) is 6.28.